The molecule has 116 valence electrons. The molecular weight excluding hydrogens is 302 g/mol. The molecule has 0 saturated carbocycles. The van der Waals surface area contributed by atoms with Gasteiger partial charge in [-0.25, -0.2) is 9.78 Å². The minimum absolute atomic E-state index is 0.105. The summed E-state index contributed by atoms with van der Waals surface area (Å²) in [6.45, 7) is 2.31. The quantitative estimate of drug-likeness (QED) is 0.888. The van der Waals surface area contributed by atoms with E-state index in [-0.39, 0.29) is 12.1 Å². The van der Waals surface area contributed by atoms with Crippen LogP contribution in [-0.4, -0.2) is 18.1 Å². The summed E-state index contributed by atoms with van der Waals surface area (Å²) in [4.78, 5) is 16.0. The number of pyridine rings is 1. The zero-order valence-corrected chi connectivity index (χ0v) is 13.2. The zero-order valence-electron chi connectivity index (χ0n) is 12.5. The number of nitrogens with zero attached hydrogens (tertiary/aromatic N) is 1. The summed E-state index contributed by atoms with van der Waals surface area (Å²) in [7, 11) is 1.56. The number of ether oxygens (including phenoxy) is 1. The van der Waals surface area contributed by atoms with Crippen LogP contribution in [0.15, 0.2) is 42.6 Å². The summed E-state index contributed by atoms with van der Waals surface area (Å²) >= 11 is 5.85. The summed E-state index contributed by atoms with van der Waals surface area (Å²) in [5.74, 6) is 0.546. The van der Waals surface area contributed by atoms with Gasteiger partial charge in [-0.05, 0) is 30.2 Å². The van der Waals surface area contributed by atoms with Gasteiger partial charge in [0.2, 0.25) is 5.88 Å². The number of urea groups is 1. The van der Waals surface area contributed by atoms with E-state index >= 15 is 0 Å². The Morgan fingerprint density at radius 3 is 2.59 bits per heavy atom. The number of aromatic nitrogens is 1. The van der Waals surface area contributed by atoms with Gasteiger partial charge in [-0.2, -0.15) is 0 Å². The third kappa shape index (κ3) is 4.63. The van der Waals surface area contributed by atoms with Crippen LogP contribution in [-0.2, 0) is 6.54 Å². The fourth-order valence-corrected chi connectivity index (χ4v) is 2.03. The predicted octanol–water partition coefficient (Wildman–Crippen LogP) is 3.30. The van der Waals surface area contributed by atoms with Crippen molar-refractivity contribution >= 4 is 17.6 Å². The van der Waals surface area contributed by atoms with Gasteiger partial charge in [-0.15, -0.1) is 0 Å². The molecule has 0 aliphatic rings. The molecule has 0 spiro atoms. The number of rotatable bonds is 5. The Morgan fingerprint density at radius 1 is 1.27 bits per heavy atom. The molecule has 22 heavy (non-hydrogen) atoms. The molecule has 1 aromatic carbocycles. The van der Waals surface area contributed by atoms with E-state index < -0.39 is 0 Å². The van der Waals surface area contributed by atoms with Crippen molar-refractivity contribution in [2.24, 2.45) is 0 Å². The van der Waals surface area contributed by atoms with E-state index in [1.807, 2.05) is 25.1 Å². The molecule has 2 amide bonds. The van der Waals surface area contributed by atoms with E-state index in [0.29, 0.717) is 17.4 Å². The van der Waals surface area contributed by atoms with Crippen molar-refractivity contribution < 1.29 is 9.53 Å². The van der Waals surface area contributed by atoms with Gasteiger partial charge in [-0.3, -0.25) is 0 Å². The Bertz CT molecular complexity index is 614. The Labute approximate surface area is 134 Å². The molecule has 0 aliphatic carbocycles. The number of hydrogen-bond acceptors (Lipinski definition) is 3. The molecule has 0 radical (unpaired) electrons. The number of hydrogen-bond donors (Lipinski definition) is 2. The first-order valence-electron chi connectivity index (χ1n) is 6.87. The molecule has 6 heteroatoms. The van der Waals surface area contributed by atoms with Crippen LogP contribution in [0.5, 0.6) is 5.88 Å². The van der Waals surface area contributed by atoms with Crippen molar-refractivity contribution in [3.05, 3.63) is 58.7 Å². The second-order valence-corrected chi connectivity index (χ2v) is 5.25. The van der Waals surface area contributed by atoms with Crippen molar-refractivity contribution in [1.29, 1.82) is 0 Å². The van der Waals surface area contributed by atoms with Gasteiger partial charge >= 0.3 is 6.03 Å². The van der Waals surface area contributed by atoms with Gasteiger partial charge in [0.1, 0.15) is 0 Å². The molecule has 0 saturated heterocycles. The van der Waals surface area contributed by atoms with Gasteiger partial charge in [0, 0.05) is 23.8 Å². The molecule has 5 nitrogen and oxygen atoms in total. The van der Waals surface area contributed by atoms with Crippen molar-refractivity contribution in [1.82, 2.24) is 15.6 Å². The van der Waals surface area contributed by atoms with E-state index in [9.17, 15) is 4.79 Å². The van der Waals surface area contributed by atoms with E-state index in [2.05, 4.69) is 15.6 Å². The van der Waals surface area contributed by atoms with Crippen molar-refractivity contribution in [2.45, 2.75) is 19.5 Å². The Morgan fingerprint density at radius 2 is 2.00 bits per heavy atom. The highest BCUT2D eigenvalue weighted by Gasteiger charge is 2.09. The monoisotopic (exact) mass is 319 g/mol. The highest BCUT2D eigenvalue weighted by molar-refractivity contribution is 6.30. The van der Waals surface area contributed by atoms with Gasteiger partial charge in [-0.1, -0.05) is 29.8 Å². The Hall–Kier alpha value is -2.27. The van der Waals surface area contributed by atoms with Crippen LogP contribution in [0.25, 0.3) is 0 Å². The first kappa shape index (κ1) is 16.1. The molecule has 0 bridgehead atoms. The topological polar surface area (TPSA) is 63.2 Å². The van der Waals surface area contributed by atoms with Crippen LogP contribution in [0, 0.1) is 0 Å². The van der Waals surface area contributed by atoms with Crippen molar-refractivity contribution in [3.8, 4) is 5.88 Å². The number of halogens is 1. The third-order valence-corrected chi connectivity index (χ3v) is 3.43. The van der Waals surface area contributed by atoms with Gasteiger partial charge in [0.15, 0.2) is 0 Å². The molecule has 0 aliphatic heterocycles. The van der Waals surface area contributed by atoms with Gasteiger partial charge < -0.3 is 15.4 Å². The highest BCUT2D eigenvalue weighted by atomic mass is 35.5. The molecule has 2 aromatic rings. The Balaban J connectivity index is 1.83. The molecular formula is C16H18ClN3O2. The van der Waals surface area contributed by atoms with E-state index in [0.717, 1.165) is 11.1 Å². The fraction of sp³-hybridized carbons (Fsp3) is 0.250. The van der Waals surface area contributed by atoms with Gasteiger partial charge in [0.25, 0.3) is 0 Å². The zero-order chi connectivity index (χ0) is 15.9. The summed E-state index contributed by atoms with van der Waals surface area (Å²) in [5.41, 5.74) is 1.89. The standard InChI is InChI=1S/C16H18ClN3O2/c1-11(13-4-6-14(17)7-5-13)20-16(21)19-10-12-3-8-15(22-2)18-9-12/h3-9,11H,10H2,1-2H3,(H2,19,20,21). The second kappa shape index (κ2) is 7.66. The SMILES string of the molecule is COc1ccc(CNC(=O)NC(C)c2ccc(Cl)cc2)cn1. The molecule has 1 atom stereocenters. The normalized spacial score (nSPS) is 11.6. The number of benzene rings is 1. The van der Waals surface area contributed by atoms with Crippen LogP contribution in [0.1, 0.15) is 24.1 Å². The average Bonchev–Trinajstić information content (AvgIpc) is 2.54. The number of carbonyl (C=O) groups excluding carboxylic acids is 1. The van der Waals surface area contributed by atoms with Crippen LogP contribution >= 0.6 is 11.6 Å². The lowest BCUT2D eigenvalue weighted by molar-refractivity contribution is 0.237. The third-order valence-electron chi connectivity index (χ3n) is 3.18. The van der Waals surface area contributed by atoms with Crippen molar-refractivity contribution in [2.75, 3.05) is 7.11 Å². The summed E-state index contributed by atoms with van der Waals surface area (Å²) in [6.07, 6.45) is 1.67. The summed E-state index contributed by atoms with van der Waals surface area (Å²) in [5, 5.41) is 6.34. The van der Waals surface area contributed by atoms with Crippen LogP contribution in [0.4, 0.5) is 4.79 Å². The fourth-order valence-electron chi connectivity index (χ4n) is 1.90. The maximum Gasteiger partial charge on any atom is 0.315 e. The van der Waals surface area contributed by atoms with E-state index in [4.69, 9.17) is 16.3 Å². The smallest absolute Gasteiger partial charge is 0.315 e. The predicted molar refractivity (Wildman–Crippen MR) is 86.0 cm³/mol. The number of nitrogens with one attached hydrogen (secondary N) is 2. The lowest BCUT2D eigenvalue weighted by Gasteiger charge is -2.15. The molecule has 1 aromatic heterocycles. The lowest BCUT2D eigenvalue weighted by atomic mass is 10.1. The van der Waals surface area contributed by atoms with Crippen LogP contribution in [0.2, 0.25) is 5.02 Å². The average molecular weight is 320 g/mol. The number of amides is 2. The molecule has 2 rings (SSSR count). The minimum atomic E-state index is -0.238. The first-order chi connectivity index (χ1) is 10.6. The largest absolute Gasteiger partial charge is 0.481 e. The van der Waals surface area contributed by atoms with Crippen molar-refractivity contribution in [3.63, 3.8) is 0 Å². The molecule has 1 unspecified atom stereocenters. The first-order valence-corrected chi connectivity index (χ1v) is 7.25. The maximum atomic E-state index is 11.9. The lowest BCUT2D eigenvalue weighted by Crippen LogP contribution is -2.36. The second-order valence-electron chi connectivity index (χ2n) is 4.81. The Kier molecular flexibility index (Phi) is 5.61. The molecule has 2 N–H and O–H groups in total. The molecule has 1 heterocycles. The van der Waals surface area contributed by atoms with E-state index in [1.54, 1.807) is 31.5 Å². The molecule has 0 fully saturated rings. The van der Waals surface area contributed by atoms with Crippen LogP contribution < -0.4 is 15.4 Å². The highest BCUT2D eigenvalue weighted by Crippen LogP contribution is 2.15. The summed E-state index contributed by atoms with van der Waals surface area (Å²) in [6, 6.07) is 10.7. The maximum absolute atomic E-state index is 11.9. The van der Waals surface area contributed by atoms with Crippen LogP contribution in [0.3, 0.4) is 0 Å². The van der Waals surface area contributed by atoms with Gasteiger partial charge in [0.05, 0.1) is 13.2 Å². The number of methoxy groups -OCH3 is 1. The minimum Gasteiger partial charge on any atom is -0.481 e. The summed E-state index contributed by atoms with van der Waals surface area (Å²) < 4.78 is 4.98. The van der Waals surface area contributed by atoms with E-state index in [1.165, 1.54) is 0 Å². The number of carbonyl (C=O) groups is 1.